The van der Waals surface area contributed by atoms with E-state index >= 15 is 0 Å². The van der Waals surface area contributed by atoms with Gasteiger partial charge in [-0.25, -0.2) is 0 Å². The maximum absolute atomic E-state index is 10.6. The Bertz CT molecular complexity index is 205. The minimum atomic E-state index is -1.78. The van der Waals surface area contributed by atoms with E-state index in [-0.39, 0.29) is 0 Å². The van der Waals surface area contributed by atoms with Gasteiger partial charge in [0, 0.05) is 5.92 Å². The zero-order valence-corrected chi connectivity index (χ0v) is 7.07. The molecule has 0 amide bonds. The minimum Gasteiger partial charge on any atom is -0.480 e. The number of aliphatic carboxylic acids is 2. The van der Waals surface area contributed by atoms with Crippen LogP contribution >= 0.6 is 0 Å². The molecule has 0 aliphatic rings. The van der Waals surface area contributed by atoms with Gasteiger partial charge in [0.05, 0.1) is 0 Å². The van der Waals surface area contributed by atoms with E-state index < -0.39 is 23.3 Å². The van der Waals surface area contributed by atoms with Crippen molar-refractivity contribution in [2.45, 2.75) is 13.8 Å². The van der Waals surface area contributed by atoms with Crippen molar-refractivity contribution >= 4 is 11.9 Å². The van der Waals surface area contributed by atoms with Gasteiger partial charge < -0.3 is 10.2 Å². The first-order valence-electron chi connectivity index (χ1n) is 3.46. The Balaban J connectivity index is 4.99. The molecule has 0 saturated carbocycles. The number of carbonyl (C=O) groups is 2. The molecule has 4 nitrogen and oxygen atoms in total. The molecule has 0 aromatic carbocycles. The van der Waals surface area contributed by atoms with E-state index in [0.717, 1.165) is 0 Å². The van der Waals surface area contributed by atoms with E-state index in [2.05, 4.69) is 6.58 Å². The summed E-state index contributed by atoms with van der Waals surface area (Å²) in [5.74, 6) is -3.29. The van der Waals surface area contributed by atoms with Crippen molar-refractivity contribution in [2.24, 2.45) is 11.3 Å². The fourth-order valence-electron chi connectivity index (χ4n) is 0.717. The third-order valence-corrected chi connectivity index (χ3v) is 2.15. The lowest BCUT2D eigenvalue weighted by Crippen LogP contribution is -2.41. The van der Waals surface area contributed by atoms with E-state index in [1.165, 1.54) is 19.9 Å². The molecule has 0 rings (SSSR count). The zero-order chi connectivity index (χ0) is 9.94. The highest BCUT2D eigenvalue weighted by molar-refractivity contribution is 5.98. The van der Waals surface area contributed by atoms with Crippen molar-refractivity contribution in [3.8, 4) is 0 Å². The maximum atomic E-state index is 10.6. The van der Waals surface area contributed by atoms with Crippen LogP contribution in [-0.2, 0) is 9.59 Å². The van der Waals surface area contributed by atoms with Gasteiger partial charge in [0.25, 0.3) is 0 Å². The molecule has 0 radical (unpaired) electrons. The Hall–Kier alpha value is -1.32. The number of allylic oxidation sites excluding steroid dienone is 1. The molecule has 0 aromatic heterocycles. The van der Waals surface area contributed by atoms with Crippen LogP contribution in [0, 0.1) is 11.3 Å². The maximum Gasteiger partial charge on any atom is 0.321 e. The molecule has 2 N–H and O–H groups in total. The van der Waals surface area contributed by atoms with Crippen LogP contribution < -0.4 is 0 Å². The Labute approximate surface area is 70.5 Å². The average Bonchev–Trinajstić information content (AvgIpc) is 2.00. The second kappa shape index (κ2) is 3.38. The third kappa shape index (κ3) is 1.47. The smallest absolute Gasteiger partial charge is 0.321 e. The van der Waals surface area contributed by atoms with Crippen molar-refractivity contribution in [1.82, 2.24) is 0 Å². The summed E-state index contributed by atoms with van der Waals surface area (Å²) in [5.41, 5.74) is -1.78. The van der Waals surface area contributed by atoms with Crippen molar-refractivity contribution < 1.29 is 19.8 Å². The quantitative estimate of drug-likeness (QED) is 0.489. The average molecular weight is 172 g/mol. The Morgan fingerprint density at radius 3 is 1.83 bits per heavy atom. The Morgan fingerprint density at radius 2 is 1.75 bits per heavy atom. The van der Waals surface area contributed by atoms with Crippen LogP contribution in [0.5, 0.6) is 0 Å². The predicted octanol–water partition coefficient (Wildman–Crippen LogP) is 0.984. The van der Waals surface area contributed by atoms with Crippen molar-refractivity contribution in [3.05, 3.63) is 12.7 Å². The van der Waals surface area contributed by atoms with E-state index in [9.17, 15) is 9.59 Å². The third-order valence-electron chi connectivity index (χ3n) is 2.15. The van der Waals surface area contributed by atoms with Crippen LogP contribution in [0.15, 0.2) is 12.7 Å². The second-order valence-electron chi connectivity index (χ2n) is 2.84. The van der Waals surface area contributed by atoms with E-state index in [4.69, 9.17) is 10.2 Å². The number of hydrogen-bond acceptors (Lipinski definition) is 2. The van der Waals surface area contributed by atoms with Crippen LogP contribution in [-0.4, -0.2) is 22.2 Å². The highest BCUT2D eigenvalue weighted by Gasteiger charge is 2.45. The van der Waals surface area contributed by atoms with Gasteiger partial charge in [-0.1, -0.05) is 13.0 Å². The van der Waals surface area contributed by atoms with Crippen LogP contribution in [0.1, 0.15) is 13.8 Å². The summed E-state index contributed by atoms with van der Waals surface area (Å²) in [4.78, 5) is 21.3. The summed E-state index contributed by atoms with van der Waals surface area (Å²) in [6, 6.07) is 0. The summed E-state index contributed by atoms with van der Waals surface area (Å²) in [6.07, 6.45) is 1.32. The van der Waals surface area contributed by atoms with Crippen molar-refractivity contribution in [1.29, 1.82) is 0 Å². The summed E-state index contributed by atoms with van der Waals surface area (Å²) >= 11 is 0. The molecular weight excluding hydrogens is 160 g/mol. The van der Waals surface area contributed by atoms with Gasteiger partial charge in [0.2, 0.25) is 0 Å². The first-order valence-corrected chi connectivity index (χ1v) is 3.46. The minimum absolute atomic E-state index is 0.604. The van der Waals surface area contributed by atoms with Crippen LogP contribution in [0.3, 0.4) is 0 Å². The van der Waals surface area contributed by atoms with Gasteiger partial charge in [-0.15, -0.1) is 6.58 Å². The fraction of sp³-hybridized carbons (Fsp3) is 0.500. The molecule has 4 heteroatoms. The normalized spacial score (nSPS) is 13.5. The van der Waals surface area contributed by atoms with Crippen molar-refractivity contribution in [2.75, 3.05) is 0 Å². The molecule has 0 aliphatic heterocycles. The van der Waals surface area contributed by atoms with Gasteiger partial charge >= 0.3 is 11.9 Å². The zero-order valence-electron chi connectivity index (χ0n) is 7.07. The van der Waals surface area contributed by atoms with Gasteiger partial charge in [-0.05, 0) is 6.92 Å². The van der Waals surface area contributed by atoms with Crippen LogP contribution in [0.4, 0.5) is 0 Å². The predicted molar refractivity (Wildman–Crippen MR) is 42.7 cm³/mol. The van der Waals surface area contributed by atoms with Gasteiger partial charge in [-0.2, -0.15) is 0 Å². The summed E-state index contributed by atoms with van der Waals surface area (Å²) in [6.45, 7) is 6.04. The summed E-state index contributed by atoms with van der Waals surface area (Å²) in [7, 11) is 0. The van der Waals surface area contributed by atoms with Gasteiger partial charge in [0.1, 0.15) is 0 Å². The first kappa shape index (κ1) is 10.7. The largest absolute Gasteiger partial charge is 0.480 e. The molecule has 1 atom stereocenters. The van der Waals surface area contributed by atoms with Crippen LogP contribution in [0.2, 0.25) is 0 Å². The number of hydrogen-bond donors (Lipinski definition) is 2. The Kier molecular flexibility index (Phi) is 3.01. The monoisotopic (exact) mass is 172 g/mol. The van der Waals surface area contributed by atoms with Crippen LogP contribution in [0.25, 0.3) is 0 Å². The number of carboxylic acid groups (broad SMARTS) is 2. The molecule has 0 spiro atoms. The lowest BCUT2D eigenvalue weighted by molar-refractivity contribution is -0.165. The molecule has 68 valence electrons. The first-order chi connectivity index (χ1) is 5.37. The molecule has 0 bridgehead atoms. The lowest BCUT2D eigenvalue weighted by atomic mass is 9.78. The molecule has 0 fully saturated rings. The SMILES string of the molecule is C=CC(C)C(C)(C(=O)O)C(=O)O. The highest BCUT2D eigenvalue weighted by Crippen LogP contribution is 2.28. The molecule has 0 aliphatic carbocycles. The standard InChI is InChI=1S/C8H12O4/c1-4-5(2)8(3,6(9)10)7(11)12/h4-5H,1H2,2-3H3,(H,9,10)(H,11,12). The topological polar surface area (TPSA) is 74.6 Å². The molecule has 0 heterocycles. The second-order valence-corrected chi connectivity index (χ2v) is 2.84. The molecule has 0 aromatic rings. The molecule has 12 heavy (non-hydrogen) atoms. The highest BCUT2D eigenvalue weighted by atomic mass is 16.4. The number of rotatable bonds is 4. The summed E-state index contributed by atoms with van der Waals surface area (Å²) in [5, 5.41) is 17.4. The lowest BCUT2D eigenvalue weighted by Gasteiger charge is -2.23. The molecule has 1 unspecified atom stereocenters. The van der Waals surface area contributed by atoms with E-state index in [1.54, 1.807) is 0 Å². The van der Waals surface area contributed by atoms with Gasteiger partial charge in [0.15, 0.2) is 5.41 Å². The summed E-state index contributed by atoms with van der Waals surface area (Å²) < 4.78 is 0. The van der Waals surface area contributed by atoms with Gasteiger partial charge in [-0.3, -0.25) is 9.59 Å². The van der Waals surface area contributed by atoms with E-state index in [1.807, 2.05) is 0 Å². The number of carboxylic acids is 2. The van der Waals surface area contributed by atoms with E-state index in [0.29, 0.717) is 0 Å². The Morgan fingerprint density at radius 1 is 1.42 bits per heavy atom. The van der Waals surface area contributed by atoms with Crippen molar-refractivity contribution in [3.63, 3.8) is 0 Å². The molecule has 0 saturated heterocycles. The molecular formula is C8H12O4. The fourth-order valence-corrected chi connectivity index (χ4v) is 0.717.